The summed E-state index contributed by atoms with van der Waals surface area (Å²) in [5.41, 5.74) is 2.80. The van der Waals surface area contributed by atoms with Gasteiger partial charge in [-0.05, 0) is 31.5 Å². The molecule has 1 saturated heterocycles. The van der Waals surface area contributed by atoms with Crippen LogP contribution in [0.3, 0.4) is 0 Å². The molecule has 0 bridgehead atoms. The molecule has 0 saturated carbocycles. The smallest absolute Gasteiger partial charge is 0.311 e. The van der Waals surface area contributed by atoms with E-state index in [1.807, 2.05) is 35.8 Å². The number of fused-ring (bicyclic) bond motifs is 3. The summed E-state index contributed by atoms with van der Waals surface area (Å²) in [7, 11) is 1.69. The lowest BCUT2D eigenvalue weighted by Gasteiger charge is -2.40. The largest absolute Gasteiger partial charge is 0.328 e. The number of hydrogen-bond acceptors (Lipinski definition) is 5. The van der Waals surface area contributed by atoms with Crippen LogP contribution in [0.1, 0.15) is 19.4 Å². The topological polar surface area (TPSA) is 59.5 Å². The van der Waals surface area contributed by atoms with Crippen molar-refractivity contribution in [2.45, 2.75) is 32.6 Å². The highest BCUT2D eigenvalue weighted by molar-refractivity contribution is 6.30. The van der Waals surface area contributed by atoms with Gasteiger partial charge in [-0.25, -0.2) is 9.79 Å². The molecule has 8 heteroatoms. The van der Waals surface area contributed by atoms with Crippen molar-refractivity contribution in [2.24, 2.45) is 4.99 Å². The van der Waals surface area contributed by atoms with Gasteiger partial charge in [0.25, 0.3) is 5.91 Å². The number of amides is 3. The minimum atomic E-state index is -0.568. The van der Waals surface area contributed by atoms with Crippen LogP contribution < -0.4 is 0 Å². The molecular formula is C20H22ClN5O2. The second-order valence-electron chi connectivity index (χ2n) is 7.18. The molecule has 3 amide bonds. The average Bonchev–Trinajstić information content (AvgIpc) is 3.16. The number of nitrogens with zero attached hydrogens (tertiary/aromatic N) is 5. The lowest BCUT2D eigenvalue weighted by Crippen LogP contribution is -2.64. The number of urea groups is 1. The number of carbonyl (C=O) groups excluding carboxylic acids is 2. The van der Waals surface area contributed by atoms with E-state index in [2.05, 4.69) is 6.58 Å². The number of benzene rings is 1. The highest BCUT2D eigenvalue weighted by Crippen LogP contribution is 2.37. The first kappa shape index (κ1) is 18.6. The summed E-state index contributed by atoms with van der Waals surface area (Å²) >= 11 is 6.06. The lowest BCUT2D eigenvalue weighted by molar-refractivity contribution is -0.137. The average molecular weight is 400 g/mol. The molecule has 1 aromatic rings. The third kappa shape index (κ3) is 2.61. The van der Waals surface area contributed by atoms with Crippen LogP contribution in [-0.2, 0) is 11.3 Å². The summed E-state index contributed by atoms with van der Waals surface area (Å²) < 4.78 is 0. The Hall–Kier alpha value is -2.80. The van der Waals surface area contributed by atoms with Crippen molar-refractivity contribution in [1.29, 1.82) is 0 Å². The van der Waals surface area contributed by atoms with Gasteiger partial charge in [-0.1, -0.05) is 29.8 Å². The van der Waals surface area contributed by atoms with Crippen molar-refractivity contribution < 1.29 is 9.59 Å². The van der Waals surface area contributed by atoms with Crippen LogP contribution in [0.2, 0.25) is 5.02 Å². The minimum absolute atomic E-state index is 0.174. The Bertz CT molecular complexity index is 940. The predicted octanol–water partition coefficient (Wildman–Crippen LogP) is 2.85. The lowest BCUT2D eigenvalue weighted by atomic mass is 10.1. The summed E-state index contributed by atoms with van der Waals surface area (Å²) in [5.74, 6) is 0.446. The third-order valence-corrected chi connectivity index (χ3v) is 5.78. The molecule has 0 aliphatic carbocycles. The van der Waals surface area contributed by atoms with Crippen LogP contribution in [0.4, 0.5) is 4.79 Å². The van der Waals surface area contributed by atoms with E-state index in [-0.39, 0.29) is 18.5 Å². The summed E-state index contributed by atoms with van der Waals surface area (Å²) in [4.78, 5) is 37.8. The second-order valence-corrected chi connectivity index (χ2v) is 7.61. The first-order chi connectivity index (χ1) is 13.3. The molecule has 0 N–H and O–H groups in total. The molecule has 0 aromatic heterocycles. The van der Waals surface area contributed by atoms with Crippen molar-refractivity contribution in [1.82, 2.24) is 19.6 Å². The monoisotopic (exact) mass is 399 g/mol. The van der Waals surface area contributed by atoms with Crippen molar-refractivity contribution in [3.05, 3.63) is 58.9 Å². The Balaban J connectivity index is 1.68. The van der Waals surface area contributed by atoms with E-state index < -0.39 is 12.2 Å². The fraction of sp³-hybridized carbons (Fsp3) is 0.350. The van der Waals surface area contributed by atoms with Crippen LogP contribution >= 0.6 is 11.6 Å². The molecule has 0 radical (unpaired) electrons. The normalized spacial score (nSPS) is 24.1. The molecule has 3 aliphatic rings. The number of imide groups is 1. The Morgan fingerprint density at radius 3 is 2.64 bits per heavy atom. The van der Waals surface area contributed by atoms with Gasteiger partial charge in [-0.2, -0.15) is 0 Å². The summed E-state index contributed by atoms with van der Waals surface area (Å²) in [6, 6.07) is 6.27. The Morgan fingerprint density at radius 1 is 1.21 bits per heavy atom. The molecular weight excluding hydrogens is 378 g/mol. The summed E-state index contributed by atoms with van der Waals surface area (Å²) in [6.45, 7) is 8.55. The van der Waals surface area contributed by atoms with E-state index in [1.165, 1.54) is 9.80 Å². The first-order valence-corrected chi connectivity index (χ1v) is 9.48. The zero-order chi connectivity index (χ0) is 20.2. The summed E-state index contributed by atoms with van der Waals surface area (Å²) in [6.07, 6.45) is 1.26. The van der Waals surface area contributed by atoms with Gasteiger partial charge in [0, 0.05) is 30.0 Å². The van der Waals surface area contributed by atoms with Crippen LogP contribution in [0, 0.1) is 0 Å². The third-order valence-electron chi connectivity index (χ3n) is 5.54. The van der Waals surface area contributed by atoms with E-state index in [1.54, 1.807) is 25.3 Å². The fourth-order valence-corrected chi connectivity index (χ4v) is 4.20. The van der Waals surface area contributed by atoms with Gasteiger partial charge < -0.3 is 9.80 Å². The highest BCUT2D eigenvalue weighted by Gasteiger charge is 2.55. The van der Waals surface area contributed by atoms with Crippen molar-refractivity contribution in [2.75, 3.05) is 13.6 Å². The van der Waals surface area contributed by atoms with Crippen molar-refractivity contribution in [3.8, 4) is 0 Å². The van der Waals surface area contributed by atoms with Crippen LogP contribution in [0.15, 0.2) is 53.3 Å². The molecule has 2 atom stereocenters. The molecule has 28 heavy (non-hydrogen) atoms. The van der Waals surface area contributed by atoms with Gasteiger partial charge in [-0.15, -0.1) is 6.58 Å². The maximum Gasteiger partial charge on any atom is 0.328 e. The molecule has 3 heterocycles. The van der Waals surface area contributed by atoms with Crippen LogP contribution in [-0.4, -0.2) is 63.3 Å². The molecule has 3 aliphatic heterocycles. The maximum atomic E-state index is 13.4. The number of aliphatic imine (C=N–C) groups is 1. The Labute approximate surface area is 169 Å². The molecule has 146 valence electrons. The summed E-state index contributed by atoms with van der Waals surface area (Å²) in [5, 5.41) is 0.570. The number of guanidine groups is 1. The van der Waals surface area contributed by atoms with E-state index in [9.17, 15) is 9.59 Å². The molecule has 1 aromatic carbocycles. The number of rotatable bonds is 4. The van der Waals surface area contributed by atoms with Crippen LogP contribution in [0.25, 0.3) is 0 Å². The molecule has 4 rings (SSSR count). The van der Waals surface area contributed by atoms with E-state index >= 15 is 0 Å². The predicted molar refractivity (Wildman–Crippen MR) is 107 cm³/mol. The maximum absolute atomic E-state index is 13.4. The fourth-order valence-electron chi connectivity index (χ4n) is 3.99. The van der Waals surface area contributed by atoms with E-state index in [0.717, 1.165) is 17.0 Å². The standard InChI is InChI=1S/C20H22ClN5O2/c1-5-9-24-12(2)13(3)26-16-17(22-19(24)26)23(4)20(28)25(18(16)27)11-14-7-6-8-15(21)10-14/h5-8,10,16-17H,1,9,11H2,2-4H3. The number of allylic oxidation sites excluding steroid dienone is 2. The number of hydrogen-bond donors (Lipinski definition) is 0. The second kappa shape index (κ2) is 6.67. The number of likely N-dealkylation sites (N-methyl/N-ethyl adjacent to an activating group) is 1. The molecule has 1 fully saturated rings. The van der Waals surface area contributed by atoms with Crippen molar-refractivity contribution >= 4 is 29.5 Å². The highest BCUT2D eigenvalue weighted by atomic mass is 35.5. The zero-order valence-electron chi connectivity index (χ0n) is 16.1. The zero-order valence-corrected chi connectivity index (χ0v) is 16.8. The van der Waals surface area contributed by atoms with Crippen molar-refractivity contribution in [3.63, 3.8) is 0 Å². The number of carbonyl (C=O) groups is 2. The van der Waals surface area contributed by atoms with E-state index in [0.29, 0.717) is 17.5 Å². The van der Waals surface area contributed by atoms with Crippen LogP contribution in [0.5, 0.6) is 0 Å². The Morgan fingerprint density at radius 2 is 1.96 bits per heavy atom. The van der Waals surface area contributed by atoms with Gasteiger partial charge >= 0.3 is 6.03 Å². The van der Waals surface area contributed by atoms with Gasteiger partial charge in [0.1, 0.15) is 0 Å². The number of halogens is 1. The first-order valence-electron chi connectivity index (χ1n) is 9.10. The molecule has 2 unspecified atom stereocenters. The Kier molecular flexibility index (Phi) is 4.42. The molecule has 0 spiro atoms. The SMILES string of the molecule is C=CCN1C2=NC3C(C(=O)N(Cc4cccc(Cl)c4)C(=O)N3C)N2C(C)=C1C. The minimum Gasteiger partial charge on any atom is -0.311 e. The molecule has 7 nitrogen and oxygen atoms in total. The van der Waals surface area contributed by atoms with Gasteiger partial charge in [0.2, 0.25) is 5.96 Å². The van der Waals surface area contributed by atoms with E-state index in [4.69, 9.17) is 16.6 Å². The quantitative estimate of drug-likeness (QED) is 0.730. The van der Waals surface area contributed by atoms with Gasteiger partial charge in [-0.3, -0.25) is 14.6 Å². The van der Waals surface area contributed by atoms with Gasteiger partial charge in [0.05, 0.1) is 6.54 Å². The van der Waals surface area contributed by atoms with Gasteiger partial charge in [0.15, 0.2) is 12.2 Å².